The minimum Gasteiger partial charge on any atom is -0.497 e. The molecule has 0 aliphatic rings. The molecule has 0 saturated heterocycles. The van der Waals surface area contributed by atoms with E-state index in [-0.39, 0.29) is 18.9 Å². The highest BCUT2D eigenvalue weighted by molar-refractivity contribution is 7.92. The average molecular weight is 566 g/mol. The molecule has 3 aromatic carbocycles. The van der Waals surface area contributed by atoms with Gasteiger partial charge in [-0.15, -0.1) is 0 Å². The lowest BCUT2D eigenvalue weighted by molar-refractivity contribution is -0.140. The van der Waals surface area contributed by atoms with Gasteiger partial charge in [-0.1, -0.05) is 67.9 Å². The van der Waals surface area contributed by atoms with Crippen molar-refractivity contribution in [3.63, 3.8) is 0 Å². The molecule has 1 N–H and O–H groups in total. The molecule has 0 heterocycles. The molecule has 3 rings (SSSR count). The zero-order chi connectivity index (χ0) is 29.1. The van der Waals surface area contributed by atoms with Crippen LogP contribution in [0.3, 0.4) is 0 Å². The van der Waals surface area contributed by atoms with Crippen LogP contribution in [-0.4, -0.2) is 57.6 Å². The number of hydrogen-bond donors (Lipinski definition) is 1. The van der Waals surface area contributed by atoms with Gasteiger partial charge in [-0.3, -0.25) is 13.9 Å². The van der Waals surface area contributed by atoms with E-state index < -0.39 is 28.5 Å². The second-order valence-corrected chi connectivity index (χ2v) is 11.7. The van der Waals surface area contributed by atoms with E-state index in [2.05, 4.69) is 5.32 Å². The van der Waals surface area contributed by atoms with Crippen LogP contribution in [0.1, 0.15) is 36.5 Å². The summed E-state index contributed by atoms with van der Waals surface area (Å²) >= 11 is 0. The van der Waals surface area contributed by atoms with Crippen LogP contribution in [0.15, 0.2) is 78.9 Å². The summed E-state index contributed by atoms with van der Waals surface area (Å²) in [5, 5.41) is 2.98. The number of sulfonamides is 1. The van der Waals surface area contributed by atoms with Crippen LogP contribution in [0.25, 0.3) is 0 Å². The Morgan fingerprint density at radius 1 is 0.950 bits per heavy atom. The lowest BCUT2D eigenvalue weighted by atomic mass is 10.0. The summed E-state index contributed by atoms with van der Waals surface area (Å²) in [5.74, 6) is -0.147. The fourth-order valence-corrected chi connectivity index (χ4v) is 5.27. The first kappa shape index (κ1) is 30.7. The first-order valence-electron chi connectivity index (χ1n) is 13.4. The number of methoxy groups -OCH3 is 1. The molecule has 40 heavy (non-hydrogen) atoms. The summed E-state index contributed by atoms with van der Waals surface area (Å²) in [4.78, 5) is 29.2. The van der Waals surface area contributed by atoms with E-state index in [4.69, 9.17) is 4.74 Å². The van der Waals surface area contributed by atoms with Crippen LogP contribution in [-0.2, 0) is 32.6 Å². The van der Waals surface area contributed by atoms with Crippen molar-refractivity contribution in [2.45, 2.75) is 45.7 Å². The van der Waals surface area contributed by atoms with E-state index in [1.807, 2.05) is 68.4 Å². The number of ether oxygens (including phenoxy) is 1. The molecule has 8 nitrogen and oxygen atoms in total. The van der Waals surface area contributed by atoms with E-state index in [1.165, 1.54) is 4.90 Å². The standard InChI is InChI=1S/C31H39N3O5S/c1-5-6-18-32-31(36)29(21-25-13-8-7-9-14-25)33(22-26-15-11-17-28(20-26)39-3)30(35)23-34(40(4,37)38)27-16-10-12-24(2)19-27/h7-17,19-20,29H,5-6,18,21-23H2,1-4H3,(H,32,36). The Morgan fingerprint density at radius 2 is 1.65 bits per heavy atom. The van der Waals surface area contributed by atoms with Gasteiger partial charge in [-0.25, -0.2) is 8.42 Å². The Bertz CT molecular complexity index is 1380. The largest absolute Gasteiger partial charge is 0.497 e. The third-order valence-electron chi connectivity index (χ3n) is 6.56. The van der Waals surface area contributed by atoms with Gasteiger partial charge >= 0.3 is 0 Å². The first-order valence-corrected chi connectivity index (χ1v) is 15.3. The lowest BCUT2D eigenvalue weighted by Gasteiger charge is -2.33. The fraction of sp³-hybridized carbons (Fsp3) is 0.355. The van der Waals surface area contributed by atoms with Gasteiger partial charge in [0.15, 0.2) is 0 Å². The van der Waals surface area contributed by atoms with Crippen molar-refractivity contribution in [3.8, 4) is 5.75 Å². The average Bonchev–Trinajstić information content (AvgIpc) is 2.93. The molecule has 1 unspecified atom stereocenters. The number of anilines is 1. The van der Waals surface area contributed by atoms with E-state index in [0.717, 1.165) is 40.1 Å². The van der Waals surface area contributed by atoms with Crippen molar-refractivity contribution in [2.75, 3.05) is 30.8 Å². The predicted molar refractivity (Wildman–Crippen MR) is 159 cm³/mol. The van der Waals surface area contributed by atoms with Crippen LogP contribution >= 0.6 is 0 Å². The number of unbranched alkanes of at least 4 members (excludes halogenated alkanes) is 1. The van der Waals surface area contributed by atoms with Crippen molar-refractivity contribution in [1.29, 1.82) is 0 Å². The second-order valence-electron chi connectivity index (χ2n) is 9.83. The molecule has 1 atom stereocenters. The summed E-state index contributed by atoms with van der Waals surface area (Å²) in [6, 6.07) is 22.9. The number of hydrogen-bond acceptors (Lipinski definition) is 5. The summed E-state index contributed by atoms with van der Waals surface area (Å²) < 4.78 is 32.2. The molecule has 0 aliphatic carbocycles. The molecule has 0 radical (unpaired) electrons. The molecule has 2 amide bonds. The molecule has 0 saturated carbocycles. The normalized spacial score (nSPS) is 11.9. The van der Waals surface area contributed by atoms with Gasteiger partial charge < -0.3 is 15.0 Å². The van der Waals surface area contributed by atoms with Crippen molar-refractivity contribution in [3.05, 3.63) is 95.6 Å². The number of carbonyl (C=O) groups is 2. The Hall–Kier alpha value is -3.85. The van der Waals surface area contributed by atoms with Crippen molar-refractivity contribution in [1.82, 2.24) is 10.2 Å². The van der Waals surface area contributed by atoms with Crippen LogP contribution in [0, 0.1) is 6.92 Å². The number of aryl methyl sites for hydroxylation is 1. The molecule has 0 spiro atoms. The first-order chi connectivity index (χ1) is 19.1. The summed E-state index contributed by atoms with van der Waals surface area (Å²) in [7, 11) is -2.24. The topological polar surface area (TPSA) is 96.0 Å². The van der Waals surface area contributed by atoms with E-state index >= 15 is 0 Å². The third kappa shape index (κ3) is 8.84. The van der Waals surface area contributed by atoms with Gasteiger partial charge in [0.05, 0.1) is 19.1 Å². The highest BCUT2D eigenvalue weighted by Crippen LogP contribution is 2.22. The Labute approximate surface area is 238 Å². The molecule has 0 aliphatic heterocycles. The summed E-state index contributed by atoms with van der Waals surface area (Å²) in [6.07, 6.45) is 3.07. The summed E-state index contributed by atoms with van der Waals surface area (Å²) in [5.41, 5.74) is 2.90. The molecule has 0 fully saturated rings. The lowest BCUT2D eigenvalue weighted by Crippen LogP contribution is -2.53. The van der Waals surface area contributed by atoms with Crippen LogP contribution < -0.4 is 14.4 Å². The monoisotopic (exact) mass is 565 g/mol. The fourth-order valence-electron chi connectivity index (χ4n) is 4.42. The highest BCUT2D eigenvalue weighted by Gasteiger charge is 2.33. The number of rotatable bonds is 14. The molecular weight excluding hydrogens is 526 g/mol. The molecule has 0 aromatic heterocycles. The smallest absolute Gasteiger partial charge is 0.244 e. The maximum atomic E-state index is 14.1. The minimum atomic E-state index is -3.80. The predicted octanol–water partition coefficient (Wildman–Crippen LogP) is 4.33. The maximum Gasteiger partial charge on any atom is 0.244 e. The quantitative estimate of drug-likeness (QED) is 0.294. The van der Waals surface area contributed by atoms with Crippen molar-refractivity contribution >= 4 is 27.5 Å². The SMILES string of the molecule is CCCCNC(=O)C(Cc1ccccc1)N(Cc1cccc(OC)c1)C(=O)CN(c1cccc(C)c1)S(C)(=O)=O. The molecule has 9 heteroatoms. The van der Waals surface area contributed by atoms with Crippen molar-refractivity contribution in [2.24, 2.45) is 0 Å². The van der Waals surface area contributed by atoms with E-state index in [1.54, 1.807) is 31.4 Å². The van der Waals surface area contributed by atoms with Crippen molar-refractivity contribution < 1.29 is 22.7 Å². The zero-order valence-electron chi connectivity index (χ0n) is 23.7. The highest BCUT2D eigenvalue weighted by atomic mass is 32.2. The molecule has 3 aromatic rings. The number of benzene rings is 3. The van der Waals surface area contributed by atoms with Gasteiger partial charge in [-0.05, 0) is 54.3 Å². The van der Waals surface area contributed by atoms with Gasteiger partial charge in [-0.2, -0.15) is 0 Å². The van der Waals surface area contributed by atoms with Gasteiger partial charge in [0.25, 0.3) is 0 Å². The molecule has 0 bridgehead atoms. The minimum absolute atomic E-state index is 0.0974. The number of amides is 2. The van der Waals surface area contributed by atoms with Gasteiger partial charge in [0.2, 0.25) is 21.8 Å². The summed E-state index contributed by atoms with van der Waals surface area (Å²) in [6.45, 7) is 4.04. The molecule has 214 valence electrons. The van der Waals surface area contributed by atoms with E-state index in [0.29, 0.717) is 18.0 Å². The third-order valence-corrected chi connectivity index (χ3v) is 7.70. The number of nitrogens with one attached hydrogen (secondary N) is 1. The molecular formula is C31H39N3O5S. The van der Waals surface area contributed by atoms with E-state index in [9.17, 15) is 18.0 Å². The van der Waals surface area contributed by atoms with Crippen LogP contribution in [0.5, 0.6) is 5.75 Å². The van der Waals surface area contributed by atoms with Gasteiger partial charge in [0.1, 0.15) is 18.3 Å². The van der Waals surface area contributed by atoms with Crippen LogP contribution in [0.2, 0.25) is 0 Å². The number of nitrogens with zero attached hydrogens (tertiary/aromatic N) is 2. The number of carbonyl (C=O) groups excluding carboxylic acids is 2. The zero-order valence-corrected chi connectivity index (χ0v) is 24.5. The maximum absolute atomic E-state index is 14.1. The Kier molecular flexibility index (Phi) is 11.1. The Balaban J connectivity index is 2.04. The van der Waals surface area contributed by atoms with Crippen LogP contribution in [0.4, 0.5) is 5.69 Å². The Morgan fingerprint density at radius 3 is 2.30 bits per heavy atom. The van der Waals surface area contributed by atoms with Gasteiger partial charge in [0, 0.05) is 19.5 Å². The second kappa shape index (κ2) is 14.5.